The maximum absolute atomic E-state index is 14.0. The summed E-state index contributed by atoms with van der Waals surface area (Å²) in [5, 5.41) is 9.20. The number of alkyl halides is 3. The molecule has 11 heteroatoms. The van der Waals surface area contributed by atoms with Crippen LogP contribution in [0.3, 0.4) is 0 Å². The Morgan fingerprint density at radius 2 is 1.50 bits per heavy atom. The molecule has 0 aliphatic carbocycles. The summed E-state index contributed by atoms with van der Waals surface area (Å²) in [6.45, 7) is 0. The summed E-state index contributed by atoms with van der Waals surface area (Å²) in [6, 6.07) is 15.2. The van der Waals surface area contributed by atoms with Crippen molar-refractivity contribution in [3.63, 3.8) is 0 Å². The number of fused-ring (bicyclic) bond motifs is 1. The molecule has 0 spiro atoms. The van der Waals surface area contributed by atoms with Gasteiger partial charge in [0, 0.05) is 17.2 Å². The molecule has 0 unspecified atom stereocenters. The molecule has 5 rings (SSSR count). The molecule has 0 atom stereocenters. The third kappa shape index (κ3) is 4.03. The first-order chi connectivity index (χ1) is 16.3. The number of rotatable bonds is 4. The van der Waals surface area contributed by atoms with E-state index in [1.165, 1.54) is 18.2 Å². The molecular formula is C23H13F5N6. The molecule has 5 aromatic rings. The van der Waals surface area contributed by atoms with Crippen molar-refractivity contribution in [3.8, 4) is 22.8 Å². The van der Waals surface area contributed by atoms with Crippen LogP contribution >= 0.6 is 0 Å². The highest BCUT2D eigenvalue weighted by atomic mass is 19.4. The third-order valence-corrected chi connectivity index (χ3v) is 4.96. The number of hydrogen-bond acceptors (Lipinski definition) is 5. The topological polar surface area (TPSA) is 79.4 Å². The Hall–Kier alpha value is -4.41. The summed E-state index contributed by atoms with van der Waals surface area (Å²) < 4.78 is 68.7. The van der Waals surface area contributed by atoms with Crippen LogP contribution in [0.5, 0.6) is 0 Å². The van der Waals surface area contributed by atoms with E-state index in [1.807, 2.05) is 0 Å². The number of nitrogens with one attached hydrogen (secondary N) is 2. The van der Waals surface area contributed by atoms with Gasteiger partial charge in [0.1, 0.15) is 11.3 Å². The molecule has 0 amide bonds. The van der Waals surface area contributed by atoms with Crippen LogP contribution in [0.15, 0.2) is 66.7 Å². The van der Waals surface area contributed by atoms with Crippen molar-refractivity contribution in [2.24, 2.45) is 0 Å². The van der Waals surface area contributed by atoms with Crippen molar-refractivity contribution < 1.29 is 22.0 Å². The highest BCUT2D eigenvalue weighted by Gasteiger charge is 2.34. The fraction of sp³-hybridized carbons (Fsp3) is 0.0435. The summed E-state index contributed by atoms with van der Waals surface area (Å²) in [6.07, 6.45) is -4.64. The van der Waals surface area contributed by atoms with Crippen LogP contribution in [0.4, 0.5) is 33.7 Å². The zero-order chi connectivity index (χ0) is 23.9. The molecule has 0 aliphatic heterocycles. The fourth-order valence-electron chi connectivity index (χ4n) is 3.44. The fourth-order valence-corrected chi connectivity index (χ4v) is 3.44. The lowest BCUT2D eigenvalue weighted by atomic mass is 10.1. The molecule has 170 valence electrons. The van der Waals surface area contributed by atoms with Crippen molar-refractivity contribution in [3.05, 3.63) is 83.9 Å². The summed E-state index contributed by atoms with van der Waals surface area (Å²) in [5.74, 6) is -1.97. The van der Waals surface area contributed by atoms with Crippen LogP contribution in [-0.2, 0) is 6.18 Å². The Bertz CT molecular complexity index is 1500. The van der Waals surface area contributed by atoms with Gasteiger partial charge in [-0.25, -0.2) is 13.8 Å². The van der Waals surface area contributed by atoms with Gasteiger partial charge >= 0.3 is 6.18 Å². The van der Waals surface area contributed by atoms with Gasteiger partial charge in [-0.05, 0) is 12.1 Å². The quantitative estimate of drug-likeness (QED) is 0.311. The Labute approximate surface area is 188 Å². The standard InChI is InChI=1S/C23H13F5N6/c24-13-10-15-18(17(25)11-13)33-34-21(15)32-22-30-19(12-6-2-1-3-7-12)29-20(31-22)14-8-4-5-9-16(14)23(26,27)28/h1-11H,(H2,29,30,31,32,33,34). The van der Waals surface area contributed by atoms with Gasteiger partial charge < -0.3 is 5.32 Å². The van der Waals surface area contributed by atoms with Crippen molar-refractivity contribution in [1.29, 1.82) is 0 Å². The van der Waals surface area contributed by atoms with Crippen LogP contribution in [-0.4, -0.2) is 25.1 Å². The second-order valence-electron chi connectivity index (χ2n) is 7.22. The van der Waals surface area contributed by atoms with E-state index < -0.39 is 23.4 Å². The normalized spacial score (nSPS) is 11.7. The van der Waals surface area contributed by atoms with E-state index in [4.69, 9.17) is 0 Å². The van der Waals surface area contributed by atoms with E-state index >= 15 is 0 Å². The molecule has 6 nitrogen and oxygen atoms in total. The lowest BCUT2D eigenvalue weighted by Gasteiger charge is -2.13. The Morgan fingerprint density at radius 3 is 2.26 bits per heavy atom. The predicted molar refractivity (Wildman–Crippen MR) is 115 cm³/mol. The first kappa shape index (κ1) is 21.4. The minimum Gasteiger partial charge on any atom is -0.307 e. The maximum atomic E-state index is 14.0. The van der Waals surface area contributed by atoms with Crippen LogP contribution in [0, 0.1) is 11.6 Å². The van der Waals surface area contributed by atoms with Gasteiger partial charge in [0.15, 0.2) is 23.3 Å². The van der Waals surface area contributed by atoms with Gasteiger partial charge in [-0.2, -0.15) is 28.2 Å². The number of benzene rings is 3. The zero-order valence-corrected chi connectivity index (χ0v) is 17.0. The Kier molecular flexibility index (Phi) is 5.16. The van der Waals surface area contributed by atoms with Crippen LogP contribution < -0.4 is 5.32 Å². The molecule has 0 fully saturated rings. The minimum atomic E-state index is -4.64. The molecule has 2 heterocycles. The number of aromatic nitrogens is 5. The predicted octanol–water partition coefficient (Wildman–Crippen LogP) is 6.12. The van der Waals surface area contributed by atoms with Crippen LogP contribution in [0.2, 0.25) is 0 Å². The summed E-state index contributed by atoms with van der Waals surface area (Å²) >= 11 is 0. The molecule has 0 aliphatic rings. The zero-order valence-electron chi connectivity index (χ0n) is 17.0. The van der Waals surface area contributed by atoms with Crippen LogP contribution in [0.25, 0.3) is 33.7 Å². The van der Waals surface area contributed by atoms with Crippen molar-refractivity contribution in [1.82, 2.24) is 25.1 Å². The Morgan fingerprint density at radius 1 is 0.794 bits per heavy atom. The van der Waals surface area contributed by atoms with E-state index in [2.05, 4.69) is 30.5 Å². The summed E-state index contributed by atoms with van der Waals surface area (Å²) in [4.78, 5) is 12.7. The highest BCUT2D eigenvalue weighted by Crippen LogP contribution is 2.36. The number of halogens is 5. The van der Waals surface area contributed by atoms with Gasteiger partial charge in [0.05, 0.1) is 10.9 Å². The number of aromatic amines is 1. The second kappa shape index (κ2) is 8.18. The van der Waals surface area contributed by atoms with E-state index in [9.17, 15) is 22.0 Å². The Balaban J connectivity index is 1.67. The first-order valence-electron chi connectivity index (χ1n) is 9.88. The van der Waals surface area contributed by atoms with E-state index in [1.54, 1.807) is 30.3 Å². The maximum Gasteiger partial charge on any atom is 0.417 e. The lowest BCUT2D eigenvalue weighted by Crippen LogP contribution is -2.10. The molecule has 0 bridgehead atoms. The van der Waals surface area contributed by atoms with Gasteiger partial charge in [-0.1, -0.05) is 48.5 Å². The smallest absolute Gasteiger partial charge is 0.307 e. The van der Waals surface area contributed by atoms with Crippen LogP contribution in [0.1, 0.15) is 5.56 Å². The van der Waals surface area contributed by atoms with Gasteiger partial charge in [0.25, 0.3) is 0 Å². The van der Waals surface area contributed by atoms with Gasteiger partial charge in [0.2, 0.25) is 5.95 Å². The minimum absolute atomic E-state index is 0.00586. The molecule has 0 saturated heterocycles. The molecule has 3 aromatic carbocycles. The number of nitrogens with zero attached hydrogens (tertiary/aromatic N) is 4. The van der Waals surface area contributed by atoms with Crippen molar-refractivity contribution in [2.75, 3.05) is 5.32 Å². The van der Waals surface area contributed by atoms with Crippen molar-refractivity contribution in [2.45, 2.75) is 6.18 Å². The second-order valence-corrected chi connectivity index (χ2v) is 7.22. The molecule has 0 radical (unpaired) electrons. The average molecular weight is 468 g/mol. The molecule has 2 aromatic heterocycles. The third-order valence-electron chi connectivity index (χ3n) is 4.96. The monoisotopic (exact) mass is 468 g/mol. The van der Waals surface area contributed by atoms with E-state index in [-0.39, 0.29) is 39.9 Å². The number of H-pyrrole nitrogens is 1. The number of anilines is 2. The highest BCUT2D eigenvalue weighted by molar-refractivity contribution is 5.91. The SMILES string of the molecule is Fc1cc(F)c2[nH]nc(Nc3nc(-c4ccccc4)nc(-c4ccccc4C(F)(F)F)n3)c2c1. The van der Waals surface area contributed by atoms with Gasteiger partial charge in [-0.15, -0.1) is 0 Å². The molecule has 2 N–H and O–H groups in total. The van der Waals surface area contributed by atoms with Gasteiger partial charge in [-0.3, -0.25) is 5.10 Å². The first-order valence-corrected chi connectivity index (χ1v) is 9.88. The molecule has 0 saturated carbocycles. The molecular weight excluding hydrogens is 455 g/mol. The van der Waals surface area contributed by atoms with E-state index in [0.29, 0.717) is 11.6 Å². The summed E-state index contributed by atoms with van der Waals surface area (Å²) in [5.41, 5.74) is -0.686. The largest absolute Gasteiger partial charge is 0.417 e. The van der Waals surface area contributed by atoms with E-state index in [0.717, 1.165) is 12.1 Å². The van der Waals surface area contributed by atoms with Crippen molar-refractivity contribution >= 4 is 22.7 Å². The molecule has 34 heavy (non-hydrogen) atoms. The number of hydrogen-bond donors (Lipinski definition) is 2. The average Bonchev–Trinajstić information content (AvgIpc) is 3.21. The summed E-state index contributed by atoms with van der Waals surface area (Å²) in [7, 11) is 0. The lowest BCUT2D eigenvalue weighted by molar-refractivity contribution is -0.137.